The fourth-order valence-electron chi connectivity index (χ4n) is 6.50. The summed E-state index contributed by atoms with van der Waals surface area (Å²) in [6, 6.07) is 0. The lowest BCUT2D eigenvalue weighted by atomic mass is 10.0. The van der Waals surface area contributed by atoms with E-state index in [4.69, 9.17) is 24.3 Å². The Bertz CT molecular complexity index is 884. The zero-order valence-electron chi connectivity index (χ0n) is 35.5. The van der Waals surface area contributed by atoms with Crippen LogP contribution in [-0.4, -0.2) is 49.9 Å². The zero-order chi connectivity index (χ0) is 39.5. The van der Waals surface area contributed by atoms with E-state index in [1.807, 2.05) is 0 Å². The van der Waals surface area contributed by atoms with Gasteiger partial charge in [0.1, 0.15) is 6.10 Å². The first-order valence-corrected chi connectivity index (χ1v) is 24.3. The molecule has 0 radical (unpaired) electrons. The van der Waals surface area contributed by atoms with E-state index in [-0.39, 0.29) is 32.3 Å². The fourth-order valence-corrected chi connectivity index (χ4v) is 7.26. The molecule has 9 heteroatoms. The minimum Gasteiger partial charge on any atom is -0.457 e. The predicted molar refractivity (Wildman–Crippen MR) is 229 cm³/mol. The summed E-state index contributed by atoms with van der Waals surface area (Å²) in [6.45, 7) is 4.94. The van der Waals surface area contributed by atoms with Gasteiger partial charge >= 0.3 is 13.8 Å². The van der Waals surface area contributed by atoms with Gasteiger partial charge < -0.3 is 20.1 Å². The zero-order valence-corrected chi connectivity index (χ0v) is 36.4. The van der Waals surface area contributed by atoms with Crippen LogP contribution in [0.25, 0.3) is 0 Å². The minimum atomic E-state index is -4.27. The van der Waals surface area contributed by atoms with E-state index in [9.17, 15) is 14.3 Å². The van der Waals surface area contributed by atoms with Gasteiger partial charge in [0, 0.05) is 19.6 Å². The standard InChI is InChI=1S/C45H88NO7P/c1-3-5-7-9-11-13-15-17-19-20-21-22-23-24-25-26-28-30-32-34-36-38-45(47)53-44(43-52-54(48,49)51-41-39-46)42-50-40-37-35-33-31-29-27-18-16-14-12-10-8-6-4-2/h15,17,20-21,44H,3-14,16,18-19,22-43,46H2,1-2H3,(H,48,49)/b17-15-,21-20-. The second kappa shape index (κ2) is 43.1. The molecular formula is C45H88NO7P. The molecule has 0 aromatic heterocycles. The highest BCUT2D eigenvalue weighted by molar-refractivity contribution is 7.47. The summed E-state index contributed by atoms with van der Waals surface area (Å²) in [5, 5.41) is 0. The number of esters is 1. The predicted octanol–water partition coefficient (Wildman–Crippen LogP) is 13.6. The number of unbranched alkanes of at least 4 members (excludes halogenated alkanes) is 27. The molecule has 320 valence electrons. The Labute approximate surface area is 334 Å². The molecule has 2 atom stereocenters. The average Bonchev–Trinajstić information content (AvgIpc) is 3.16. The Hall–Kier alpha value is -1.02. The molecule has 0 saturated carbocycles. The monoisotopic (exact) mass is 786 g/mol. The lowest BCUT2D eigenvalue weighted by Crippen LogP contribution is -2.28. The number of rotatable bonds is 44. The van der Waals surface area contributed by atoms with Crippen LogP contribution in [0.5, 0.6) is 0 Å². The van der Waals surface area contributed by atoms with Gasteiger partial charge in [0.25, 0.3) is 0 Å². The van der Waals surface area contributed by atoms with Crippen molar-refractivity contribution in [3.05, 3.63) is 24.3 Å². The SMILES string of the molecule is CCCCCCC/C=C\C/C=C\CCCCCCCCCCCC(=O)OC(COCCCCCCCCCCCCCCCC)COP(=O)(O)OCCN. The van der Waals surface area contributed by atoms with Crippen molar-refractivity contribution in [1.29, 1.82) is 0 Å². The van der Waals surface area contributed by atoms with Crippen molar-refractivity contribution in [2.75, 3.05) is 33.0 Å². The lowest BCUT2D eigenvalue weighted by Gasteiger charge is -2.20. The summed E-state index contributed by atoms with van der Waals surface area (Å²) < 4.78 is 33.5. The van der Waals surface area contributed by atoms with E-state index in [0.717, 1.165) is 38.5 Å². The molecule has 54 heavy (non-hydrogen) atoms. The second-order valence-corrected chi connectivity index (χ2v) is 16.7. The van der Waals surface area contributed by atoms with Gasteiger partial charge in [0.15, 0.2) is 0 Å². The Kier molecular flexibility index (Phi) is 42.3. The van der Waals surface area contributed by atoms with Crippen LogP contribution in [0.4, 0.5) is 0 Å². The maximum Gasteiger partial charge on any atom is 0.472 e. The topological polar surface area (TPSA) is 117 Å². The van der Waals surface area contributed by atoms with Crippen molar-refractivity contribution in [2.24, 2.45) is 5.73 Å². The molecule has 0 fully saturated rings. The van der Waals surface area contributed by atoms with Gasteiger partial charge in [-0.05, 0) is 44.9 Å². The van der Waals surface area contributed by atoms with E-state index in [2.05, 4.69) is 38.2 Å². The van der Waals surface area contributed by atoms with Crippen LogP contribution in [0.2, 0.25) is 0 Å². The Morgan fingerprint density at radius 2 is 0.981 bits per heavy atom. The molecule has 3 N–H and O–H groups in total. The Balaban J connectivity index is 3.97. The van der Waals surface area contributed by atoms with Gasteiger partial charge in [0.05, 0.1) is 19.8 Å². The molecule has 0 aliphatic heterocycles. The number of carbonyl (C=O) groups excluding carboxylic acids is 1. The van der Waals surface area contributed by atoms with Gasteiger partial charge in [-0.15, -0.1) is 0 Å². The molecule has 0 aliphatic carbocycles. The van der Waals surface area contributed by atoms with Crippen LogP contribution in [0.3, 0.4) is 0 Å². The summed E-state index contributed by atoms with van der Waals surface area (Å²) in [6.07, 6.45) is 47.6. The highest BCUT2D eigenvalue weighted by atomic mass is 31.2. The summed E-state index contributed by atoms with van der Waals surface area (Å²) in [7, 11) is -4.27. The van der Waals surface area contributed by atoms with Crippen molar-refractivity contribution in [3.8, 4) is 0 Å². The third kappa shape index (κ3) is 42.1. The van der Waals surface area contributed by atoms with Gasteiger partial charge in [-0.3, -0.25) is 13.8 Å². The van der Waals surface area contributed by atoms with Crippen LogP contribution < -0.4 is 5.73 Å². The van der Waals surface area contributed by atoms with Gasteiger partial charge in [-0.2, -0.15) is 0 Å². The molecule has 2 unspecified atom stereocenters. The van der Waals surface area contributed by atoms with Gasteiger partial charge in [-0.1, -0.05) is 192 Å². The average molecular weight is 786 g/mol. The molecule has 0 saturated heterocycles. The van der Waals surface area contributed by atoms with Crippen LogP contribution >= 0.6 is 7.82 Å². The van der Waals surface area contributed by atoms with Crippen molar-refractivity contribution in [1.82, 2.24) is 0 Å². The molecule has 0 aromatic rings. The number of carbonyl (C=O) groups is 1. The first kappa shape index (κ1) is 53.0. The summed E-state index contributed by atoms with van der Waals surface area (Å²) in [5.41, 5.74) is 5.37. The number of hydrogen-bond donors (Lipinski definition) is 2. The van der Waals surface area contributed by atoms with Gasteiger partial charge in [-0.25, -0.2) is 4.57 Å². The highest BCUT2D eigenvalue weighted by Gasteiger charge is 2.25. The first-order valence-electron chi connectivity index (χ1n) is 22.8. The summed E-state index contributed by atoms with van der Waals surface area (Å²) in [5.74, 6) is -0.331. The highest BCUT2D eigenvalue weighted by Crippen LogP contribution is 2.43. The molecule has 0 rings (SSSR count). The molecule has 0 bridgehead atoms. The fraction of sp³-hybridized carbons (Fsp3) is 0.889. The van der Waals surface area contributed by atoms with E-state index >= 15 is 0 Å². The maximum atomic E-state index is 12.6. The largest absolute Gasteiger partial charge is 0.472 e. The van der Waals surface area contributed by atoms with Crippen molar-refractivity contribution < 1.29 is 32.8 Å². The third-order valence-electron chi connectivity index (χ3n) is 9.87. The van der Waals surface area contributed by atoms with Crippen LogP contribution in [0.15, 0.2) is 24.3 Å². The van der Waals surface area contributed by atoms with E-state index < -0.39 is 13.9 Å². The minimum absolute atomic E-state index is 0.0941. The number of allylic oxidation sites excluding steroid dienone is 4. The van der Waals surface area contributed by atoms with E-state index in [1.54, 1.807) is 0 Å². The van der Waals surface area contributed by atoms with E-state index in [1.165, 1.54) is 161 Å². The molecular weight excluding hydrogens is 697 g/mol. The second-order valence-electron chi connectivity index (χ2n) is 15.3. The molecule has 0 aromatic carbocycles. The molecule has 8 nitrogen and oxygen atoms in total. The lowest BCUT2D eigenvalue weighted by molar-refractivity contribution is -0.154. The van der Waals surface area contributed by atoms with Crippen molar-refractivity contribution in [3.63, 3.8) is 0 Å². The summed E-state index contributed by atoms with van der Waals surface area (Å²) >= 11 is 0. The Morgan fingerprint density at radius 1 is 0.556 bits per heavy atom. The van der Waals surface area contributed by atoms with Crippen molar-refractivity contribution in [2.45, 2.75) is 225 Å². The number of ether oxygens (including phenoxy) is 2. The van der Waals surface area contributed by atoms with Gasteiger partial charge in [0.2, 0.25) is 0 Å². The molecule has 0 aliphatic rings. The van der Waals surface area contributed by atoms with Crippen molar-refractivity contribution >= 4 is 13.8 Å². The summed E-state index contributed by atoms with van der Waals surface area (Å²) in [4.78, 5) is 22.5. The van der Waals surface area contributed by atoms with Crippen LogP contribution in [0, 0.1) is 0 Å². The first-order chi connectivity index (χ1) is 26.4. The maximum absolute atomic E-state index is 12.6. The smallest absolute Gasteiger partial charge is 0.457 e. The third-order valence-corrected chi connectivity index (χ3v) is 10.9. The number of hydrogen-bond acceptors (Lipinski definition) is 7. The molecule has 0 heterocycles. The van der Waals surface area contributed by atoms with Crippen LogP contribution in [0.1, 0.15) is 219 Å². The Morgan fingerprint density at radius 3 is 1.44 bits per heavy atom. The normalized spacial score (nSPS) is 13.6. The molecule has 0 amide bonds. The van der Waals surface area contributed by atoms with E-state index in [0.29, 0.717) is 13.0 Å². The van der Waals surface area contributed by atoms with Crippen LogP contribution in [-0.2, 0) is 27.9 Å². The molecule has 0 spiro atoms. The number of nitrogens with two attached hydrogens (primary N) is 1. The number of phosphoric acid groups is 1. The quantitative estimate of drug-likeness (QED) is 0.0271. The number of phosphoric ester groups is 1.